The highest BCUT2D eigenvalue weighted by Crippen LogP contribution is 2.21. The first-order chi connectivity index (χ1) is 7.92. The van der Waals surface area contributed by atoms with E-state index in [1.807, 2.05) is 26.8 Å². The van der Waals surface area contributed by atoms with Gasteiger partial charge in [0.2, 0.25) is 5.88 Å². The van der Waals surface area contributed by atoms with Gasteiger partial charge in [0, 0.05) is 12.6 Å². The largest absolute Gasteiger partial charge is 0.472 e. The van der Waals surface area contributed by atoms with Crippen LogP contribution in [0, 0.1) is 0 Å². The normalized spacial score (nSPS) is 11.6. The first kappa shape index (κ1) is 14.3. The standard InChI is InChI=1S/C13H21ClN2O/c1-5-8-15-9-11-10(14)6-7-12(16-11)17-13(2,3)4/h6-7,15H,5,8-9H2,1-4H3. The van der Waals surface area contributed by atoms with Crippen LogP contribution >= 0.6 is 11.6 Å². The van der Waals surface area contributed by atoms with Crippen LogP contribution in [0.2, 0.25) is 5.02 Å². The number of pyridine rings is 1. The van der Waals surface area contributed by atoms with Crippen molar-refractivity contribution in [2.24, 2.45) is 0 Å². The van der Waals surface area contributed by atoms with Crippen molar-refractivity contribution in [1.29, 1.82) is 0 Å². The van der Waals surface area contributed by atoms with Crippen molar-refractivity contribution in [3.63, 3.8) is 0 Å². The van der Waals surface area contributed by atoms with Crippen LogP contribution in [0.3, 0.4) is 0 Å². The highest BCUT2D eigenvalue weighted by atomic mass is 35.5. The van der Waals surface area contributed by atoms with Crippen LogP contribution in [-0.4, -0.2) is 17.1 Å². The number of nitrogens with zero attached hydrogens (tertiary/aromatic N) is 1. The highest BCUT2D eigenvalue weighted by Gasteiger charge is 2.13. The fourth-order valence-corrected chi connectivity index (χ4v) is 1.51. The number of halogens is 1. The predicted molar refractivity (Wildman–Crippen MR) is 71.6 cm³/mol. The van der Waals surface area contributed by atoms with Crippen molar-refractivity contribution in [3.05, 3.63) is 22.8 Å². The second-order valence-corrected chi connectivity index (χ2v) is 5.38. The van der Waals surface area contributed by atoms with Gasteiger partial charge in [-0.05, 0) is 39.8 Å². The molecule has 17 heavy (non-hydrogen) atoms. The lowest BCUT2D eigenvalue weighted by Crippen LogP contribution is -2.24. The molecule has 1 aromatic heterocycles. The molecule has 0 fully saturated rings. The third-order valence-electron chi connectivity index (χ3n) is 2.02. The van der Waals surface area contributed by atoms with E-state index >= 15 is 0 Å². The van der Waals surface area contributed by atoms with Crippen molar-refractivity contribution >= 4 is 11.6 Å². The molecule has 0 bridgehead atoms. The number of ether oxygens (including phenoxy) is 1. The van der Waals surface area contributed by atoms with Gasteiger partial charge in [-0.15, -0.1) is 0 Å². The van der Waals surface area contributed by atoms with E-state index in [-0.39, 0.29) is 5.60 Å². The molecule has 0 saturated heterocycles. The molecule has 3 nitrogen and oxygen atoms in total. The van der Waals surface area contributed by atoms with E-state index in [1.165, 1.54) is 0 Å². The first-order valence-corrected chi connectivity index (χ1v) is 6.35. The molecule has 0 atom stereocenters. The minimum Gasteiger partial charge on any atom is -0.472 e. The quantitative estimate of drug-likeness (QED) is 0.820. The summed E-state index contributed by atoms with van der Waals surface area (Å²) in [5.74, 6) is 0.621. The van der Waals surface area contributed by atoms with Gasteiger partial charge in [0.05, 0.1) is 10.7 Å². The van der Waals surface area contributed by atoms with Gasteiger partial charge in [0.25, 0.3) is 0 Å². The lowest BCUT2D eigenvalue weighted by molar-refractivity contribution is 0.124. The van der Waals surface area contributed by atoms with Crippen LogP contribution in [0.25, 0.3) is 0 Å². The minimum absolute atomic E-state index is 0.241. The maximum atomic E-state index is 6.09. The summed E-state index contributed by atoms with van der Waals surface area (Å²) >= 11 is 6.09. The topological polar surface area (TPSA) is 34.2 Å². The third kappa shape index (κ3) is 5.37. The van der Waals surface area contributed by atoms with Crippen molar-refractivity contribution in [2.75, 3.05) is 6.54 Å². The summed E-state index contributed by atoms with van der Waals surface area (Å²) in [4.78, 5) is 4.41. The zero-order valence-corrected chi connectivity index (χ0v) is 11.8. The Morgan fingerprint density at radius 2 is 2.06 bits per heavy atom. The molecule has 0 unspecified atom stereocenters. The van der Waals surface area contributed by atoms with E-state index in [1.54, 1.807) is 6.07 Å². The molecule has 1 rings (SSSR count). The maximum Gasteiger partial charge on any atom is 0.214 e. The van der Waals surface area contributed by atoms with E-state index in [0.717, 1.165) is 18.7 Å². The molecule has 1 aromatic rings. The molecular formula is C13H21ClN2O. The number of hydrogen-bond acceptors (Lipinski definition) is 3. The van der Waals surface area contributed by atoms with Gasteiger partial charge in [-0.2, -0.15) is 0 Å². The van der Waals surface area contributed by atoms with E-state index in [4.69, 9.17) is 16.3 Å². The number of hydrogen-bond donors (Lipinski definition) is 1. The van der Waals surface area contributed by atoms with E-state index in [2.05, 4.69) is 17.2 Å². The highest BCUT2D eigenvalue weighted by molar-refractivity contribution is 6.31. The summed E-state index contributed by atoms with van der Waals surface area (Å²) in [6, 6.07) is 3.63. The predicted octanol–water partition coefficient (Wildman–Crippen LogP) is 3.41. The first-order valence-electron chi connectivity index (χ1n) is 5.97. The second kappa shape index (κ2) is 6.22. The van der Waals surface area contributed by atoms with Gasteiger partial charge in [-0.1, -0.05) is 18.5 Å². The Bertz CT molecular complexity index is 361. The molecule has 96 valence electrons. The summed E-state index contributed by atoms with van der Waals surface area (Å²) in [6.07, 6.45) is 1.09. The van der Waals surface area contributed by atoms with Crippen LogP contribution in [-0.2, 0) is 6.54 Å². The van der Waals surface area contributed by atoms with Gasteiger partial charge in [0.1, 0.15) is 5.60 Å². The maximum absolute atomic E-state index is 6.09. The lowest BCUT2D eigenvalue weighted by atomic mass is 10.2. The van der Waals surface area contributed by atoms with Crippen LogP contribution in [0.1, 0.15) is 39.8 Å². The molecule has 0 aliphatic heterocycles. The SMILES string of the molecule is CCCNCc1nc(OC(C)(C)C)ccc1Cl. The Morgan fingerprint density at radius 1 is 1.35 bits per heavy atom. The third-order valence-corrected chi connectivity index (χ3v) is 2.37. The molecule has 0 saturated carbocycles. The fourth-order valence-electron chi connectivity index (χ4n) is 1.34. The van der Waals surface area contributed by atoms with E-state index < -0.39 is 0 Å². The monoisotopic (exact) mass is 256 g/mol. The van der Waals surface area contributed by atoms with Crippen LogP contribution in [0.5, 0.6) is 5.88 Å². The lowest BCUT2D eigenvalue weighted by Gasteiger charge is -2.20. The fraction of sp³-hybridized carbons (Fsp3) is 0.615. The molecule has 1 heterocycles. The number of nitrogens with one attached hydrogen (secondary N) is 1. The molecule has 0 aliphatic rings. The Labute approximate surface area is 109 Å². The van der Waals surface area contributed by atoms with Crippen LogP contribution in [0.4, 0.5) is 0 Å². The molecule has 4 heteroatoms. The summed E-state index contributed by atoms with van der Waals surface area (Å²) in [7, 11) is 0. The Hall–Kier alpha value is -0.800. The summed E-state index contributed by atoms with van der Waals surface area (Å²) < 4.78 is 5.71. The van der Waals surface area contributed by atoms with Crippen molar-refractivity contribution in [3.8, 4) is 5.88 Å². The zero-order valence-electron chi connectivity index (χ0n) is 11.0. The van der Waals surface area contributed by atoms with Crippen molar-refractivity contribution in [1.82, 2.24) is 10.3 Å². The molecule has 0 spiro atoms. The summed E-state index contributed by atoms with van der Waals surface area (Å²) in [5, 5.41) is 3.96. The number of aromatic nitrogens is 1. The van der Waals surface area contributed by atoms with Crippen molar-refractivity contribution < 1.29 is 4.74 Å². The Kier molecular flexibility index (Phi) is 5.22. The molecule has 0 aliphatic carbocycles. The molecular weight excluding hydrogens is 236 g/mol. The molecule has 0 aromatic carbocycles. The zero-order chi connectivity index (χ0) is 12.9. The van der Waals surface area contributed by atoms with Gasteiger partial charge < -0.3 is 10.1 Å². The summed E-state index contributed by atoms with van der Waals surface area (Å²) in [5.41, 5.74) is 0.594. The van der Waals surface area contributed by atoms with Gasteiger partial charge in [0.15, 0.2) is 0 Å². The molecule has 0 radical (unpaired) electrons. The van der Waals surface area contributed by atoms with Crippen LogP contribution < -0.4 is 10.1 Å². The van der Waals surface area contributed by atoms with E-state index in [9.17, 15) is 0 Å². The average molecular weight is 257 g/mol. The Balaban J connectivity index is 2.72. The van der Waals surface area contributed by atoms with E-state index in [0.29, 0.717) is 17.4 Å². The molecule has 0 amide bonds. The average Bonchev–Trinajstić information content (AvgIpc) is 2.21. The van der Waals surface area contributed by atoms with Gasteiger partial charge in [-0.25, -0.2) is 4.98 Å². The van der Waals surface area contributed by atoms with Crippen molar-refractivity contribution in [2.45, 2.75) is 46.3 Å². The summed E-state index contributed by atoms with van der Waals surface area (Å²) in [6.45, 7) is 9.76. The second-order valence-electron chi connectivity index (χ2n) is 4.97. The van der Waals surface area contributed by atoms with Gasteiger partial charge >= 0.3 is 0 Å². The van der Waals surface area contributed by atoms with Crippen LogP contribution in [0.15, 0.2) is 12.1 Å². The minimum atomic E-state index is -0.241. The number of rotatable bonds is 5. The molecule has 1 N–H and O–H groups in total. The van der Waals surface area contributed by atoms with Gasteiger partial charge in [-0.3, -0.25) is 0 Å². The Morgan fingerprint density at radius 3 is 2.65 bits per heavy atom. The smallest absolute Gasteiger partial charge is 0.214 e.